The number of aromatic nitrogens is 1. The highest BCUT2D eigenvalue weighted by Gasteiger charge is 2.12. The molecule has 162 valence electrons. The normalized spacial score (nSPS) is 15.3. The van der Waals surface area contributed by atoms with Gasteiger partial charge in [0.25, 0.3) is 0 Å². The molecule has 1 saturated heterocycles. The second-order valence-electron chi connectivity index (χ2n) is 7.61. The molecule has 2 N–H and O–H groups in total. The van der Waals surface area contributed by atoms with Gasteiger partial charge in [-0.15, -0.1) is 0 Å². The maximum absolute atomic E-state index is 5.59. The molecule has 0 unspecified atom stereocenters. The van der Waals surface area contributed by atoms with Gasteiger partial charge in [-0.3, -0.25) is 9.89 Å². The summed E-state index contributed by atoms with van der Waals surface area (Å²) in [5, 5.41) is 6.77. The first-order valence-corrected chi connectivity index (χ1v) is 10.6. The van der Waals surface area contributed by atoms with Crippen molar-refractivity contribution in [3.05, 3.63) is 59.3 Å². The summed E-state index contributed by atoms with van der Waals surface area (Å²) < 4.78 is 11.0. The number of ether oxygens (including phenoxy) is 2. The lowest BCUT2D eigenvalue weighted by molar-refractivity contribution is 0.0341. The van der Waals surface area contributed by atoms with Gasteiger partial charge < -0.3 is 20.1 Å². The Hall–Kier alpha value is -2.64. The third kappa shape index (κ3) is 7.00. The average molecular weight is 412 g/mol. The second kappa shape index (κ2) is 11.5. The van der Waals surface area contributed by atoms with Crippen molar-refractivity contribution in [2.24, 2.45) is 4.99 Å². The third-order valence-electron chi connectivity index (χ3n) is 4.90. The van der Waals surface area contributed by atoms with Crippen LogP contribution in [0.5, 0.6) is 5.88 Å². The van der Waals surface area contributed by atoms with Gasteiger partial charge in [-0.25, -0.2) is 4.98 Å². The van der Waals surface area contributed by atoms with Crippen molar-refractivity contribution in [1.82, 2.24) is 20.5 Å². The van der Waals surface area contributed by atoms with E-state index in [1.165, 1.54) is 11.1 Å². The minimum Gasteiger partial charge on any atom is -0.475 e. The SMILES string of the molecule is CN=C(NCc1ccc(OC(C)C)nc1)NCc1ccccc1CN1CCOCC1. The van der Waals surface area contributed by atoms with E-state index in [1.54, 1.807) is 7.05 Å². The molecule has 0 aliphatic carbocycles. The van der Waals surface area contributed by atoms with Crippen molar-refractivity contribution >= 4 is 5.96 Å². The molecular formula is C23H33N5O2. The third-order valence-corrected chi connectivity index (χ3v) is 4.90. The monoisotopic (exact) mass is 411 g/mol. The lowest BCUT2D eigenvalue weighted by Gasteiger charge is -2.27. The number of morpholine rings is 1. The molecule has 2 heterocycles. The molecule has 0 saturated carbocycles. The molecule has 30 heavy (non-hydrogen) atoms. The van der Waals surface area contributed by atoms with Gasteiger partial charge in [0, 0.05) is 52.0 Å². The number of rotatable bonds is 8. The van der Waals surface area contributed by atoms with Crippen LogP contribution in [0.15, 0.2) is 47.6 Å². The highest BCUT2D eigenvalue weighted by atomic mass is 16.5. The van der Waals surface area contributed by atoms with Gasteiger partial charge in [-0.05, 0) is 30.5 Å². The van der Waals surface area contributed by atoms with Crippen LogP contribution in [0.25, 0.3) is 0 Å². The molecule has 1 aromatic heterocycles. The fourth-order valence-electron chi connectivity index (χ4n) is 3.30. The predicted octanol–water partition coefficient (Wildman–Crippen LogP) is 2.57. The van der Waals surface area contributed by atoms with Crippen molar-refractivity contribution in [3.8, 4) is 5.88 Å². The van der Waals surface area contributed by atoms with E-state index in [4.69, 9.17) is 9.47 Å². The Labute approximate surface area is 179 Å². The summed E-state index contributed by atoms with van der Waals surface area (Å²) in [4.78, 5) is 11.1. The molecule has 0 spiro atoms. The van der Waals surface area contributed by atoms with Gasteiger partial charge in [0.2, 0.25) is 5.88 Å². The van der Waals surface area contributed by atoms with Gasteiger partial charge >= 0.3 is 0 Å². The number of aliphatic imine (C=N–C) groups is 1. The average Bonchev–Trinajstić information content (AvgIpc) is 2.76. The molecule has 0 atom stereocenters. The molecular weight excluding hydrogens is 378 g/mol. The second-order valence-corrected chi connectivity index (χ2v) is 7.61. The molecule has 1 aromatic carbocycles. The zero-order chi connectivity index (χ0) is 21.2. The number of hydrogen-bond acceptors (Lipinski definition) is 5. The summed E-state index contributed by atoms with van der Waals surface area (Å²) in [6.45, 7) is 9.90. The van der Waals surface area contributed by atoms with Crippen molar-refractivity contribution in [2.75, 3.05) is 33.4 Å². The Balaban J connectivity index is 1.50. The minimum absolute atomic E-state index is 0.121. The molecule has 3 rings (SSSR count). The van der Waals surface area contributed by atoms with E-state index >= 15 is 0 Å². The first-order chi connectivity index (χ1) is 14.6. The van der Waals surface area contributed by atoms with Crippen LogP contribution in [0.2, 0.25) is 0 Å². The van der Waals surface area contributed by atoms with Crippen LogP contribution in [-0.2, 0) is 24.4 Å². The molecule has 7 heteroatoms. The van der Waals surface area contributed by atoms with Crippen LogP contribution >= 0.6 is 0 Å². The predicted molar refractivity (Wildman–Crippen MR) is 120 cm³/mol. The number of guanidine groups is 1. The number of nitrogens with zero attached hydrogens (tertiary/aromatic N) is 3. The summed E-state index contributed by atoms with van der Waals surface area (Å²) in [5.41, 5.74) is 3.69. The fraction of sp³-hybridized carbons (Fsp3) is 0.478. The van der Waals surface area contributed by atoms with Crippen molar-refractivity contribution in [1.29, 1.82) is 0 Å². The zero-order valence-corrected chi connectivity index (χ0v) is 18.2. The minimum atomic E-state index is 0.121. The highest BCUT2D eigenvalue weighted by Crippen LogP contribution is 2.13. The maximum Gasteiger partial charge on any atom is 0.213 e. The van der Waals surface area contributed by atoms with Crippen LogP contribution in [0.4, 0.5) is 0 Å². The van der Waals surface area contributed by atoms with Crippen LogP contribution < -0.4 is 15.4 Å². The molecule has 0 radical (unpaired) electrons. The Morgan fingerprint density at radius 1 is 1.10 bits per heavy atom. The first-order valence-electron chi connectivity index (χ1n) is 10.6. The van der Waals surface area contributed by atoms with Crippen LogP contribution in [0.1, 0.15) is 30.5 Å². The summed E-state index contributed by atoms with van der Waals surface area (Å²) >= 11 is 0. The summed E-state index contributed by atoms with van der Waals surface area (Å²) in [7, 11) is 1.78. The van der Waals surface area contributed by atoms with Crippen molar-refractivity contribution < 1.29 is 9.47 Å². The van der Waals surface area contributed by atoms with E-state index in [0.29, 0.717) is 12.4 Å². The molecule has 1 fully saturated rings. The quantitative estimate of drug-likeness (QED) is 0.514. The van der Waals surface area contributed by atoms with Gasteiger partial charge in [0.05, 0.1) is 19.3 Å². The van der Waals surface area contributed by atoms with Crippen molar-refractivity contribution in [3.63, 3.8) is 0 Å². The maximum atomic E-state index is 5.59. The Kier molecular flexibility index (Phi) is 8.47. The largest absolute Gasteiger partial charge is 0.475 e. The van der Waals surface area contributed by atoms with E-state index in [1.807, 2.05) is 32.2 Å². The van der Waals surface area contributed by atoms with E-state index in [0.717, 1.165) is 50.9 Å². The van der Waals surface area contributed by atoms with Crippen LogP contribution in [0.3, 0.4) is 0 Å². The number of hydrogen-bond donors (Lipinski definition) is 2. The first kappa shape index (κ1) is 22.1. The molecule has 1 aliphatic heterocycles. The summed E-state index contributed by atoms with van der Waals surface area (Å²) in [5.74, 6) is 1.41. The van der Waals surface area contributed by atoms with Gasteiger partial charge in [-0.1, -0.05) is 30.3 Å². The fourth-order valence-corrected chi connectivity index (χ4v) is 3.30. The van der Waals surface area contributed by atoms with E-state index in [-0.39, 0.29) is 6.10 Å². The molecule has 1 aliphatic rings. The van der Waals surface area contributed by atoms with Crippen LogP contribution in [-0.4, -0.2) is 55.3 Å². The van der Waals surface area contributed by atoms with Crippen LogP contribution in [0, 0.1) is 0 Å². The van der Waals surface area contributed by atoms with E-state index < -0.39 is 0 Å². The Bertz CT molecular complexity index is 801. The van der Waals surface area contributed by atoms with E-state index in [2.05, 4.69) is 49.8 Å². The Morgan fingerprint density at radius 3 is 2.50 bits per heavy atom. The lowest BCUT2D eigenvalue weighted by atomic mass is 10.1. The molecule has 7 nitrogen and oxygen atoms in total. The lowest BCUT2D eigenvalue weighted by Crippen LogP contribution is -2.37. The topological polar surface area (TPSA) is 71.0 Å². The molecule has 2 aromatic rings. The zero-order valence-electron chi connectivity index (χ0n) is 18.2. The highest BCUT2D eigenvalue weighted by molar-refractivity contribution is 5.79. The van der Waals surface area contributed by atoms with Crippen molar-refractivity contribution in [2.45, 2.75) is 39.6 Å². The smallest absolute Gasteiger partial charge is 0.213 e. The number of nitrogens with one attached hydrogen (secondary N) is 2. The number of benzene rings is 1. The standard InChI is InChI=1S/C23H33N5O2/c1-18(2)30-22-9-8-19(14-25-22)15-26-23(24-3)27-16-20-6-4-5-7-21(20)17-28-10-12-29-13-11-28/h4-9,14,18H,10-13,15-17H2,1-3H3,(H2,24,26,27). The van der Waals surface area contributed by atoms with Gasteiger partial charge in [-0.2, -0.15) is 0 Å². The molecule has 0 amide bonds. The summed E-state index contributed by atoms with van der Waals surface area (Å²) in [6, 6.07) is 12.5. The Morgan fingerprint density at radius 2 is 1.83 bits per heavy atom. The summed E-state index contributed by atoms with van der Waals surface area (Å²) in [6.07, 6.45) is 1.95. The molecule has 0 bridgehead atoms. The number of pyridine rings is 1. The van der Waals surface area contributed by atoms with Gasteiger partial charge in [0.15, 0.2) is 5.96 Å². The van der Waals surface area contributed by atoms with E-state index in [9.17, 15) is 0 Å². The van der Waals surface area contributed by atoms with Gasteiger partial charge in [0.1, 0.15) is 0 Å².